The van der Waals surface area contributed by atoms with Crippen LogP contribution in [-0.4, -0.2) is 135 Å². The van der Waals surface area contributed by atoms with Gasteiger partial charge in [0.1, 0.15) is 42.3 Å². The first kappa shape index (κ1) is 51.1. The molecule has 0 aromatic carbocycles. The molecule has 58 heavy (non-hydrogen) atoms. The van der Waals surface area contributed by atoms with Gasteiger partial charge in [0, 0.05) is 29.8 Å². The number of rotatable bonds is 26. The number of aromatic amines is 1. The van der Waals surface area contributed by atoms with E-state index in [2.05, 4.69) is 72.4 Å². The minimum Gasteiger partial charge on any atom is -0.480 e. The van der Waals surface area contributed by atoms with Gasteiger partial charge in [-0.25, -0.2) is 9.78 Å². The molecule has 22 nitrogen and oxygen atoms in total. The van der Waals surface area contributed by atoms with Crippen molar-refractivity contribution >= 4 is 78.5 Å². The zero-order valence-corrected chi connectivity index (χ0v) is 34.9. The van der Waals surface area contributed by atoms with Crippen molar-refractivity contribution in [3.8, 4) is 0 Å². The number of aromatic nitrogens is 2. The van der Waals surface area contributed by atoms with Crippen LogP contribution < -0.4 is 54.4 Å². The zero-order chi connectivity index (χ0) is 44.3. The third kappa shape index (κ3) is 17.3. The van der Waals surface area contributed by atoms with Crippen molar-refractivity contribution in [1.29, 1.82) is 0 Å². The number of amides is 8. The highest BCUT2D eigenvalue weighted by molar-refractivity contribution is 7.80. The monoisotopic (exact) mass is 858 g/mol. The lowest BCUT2D eigenvalue weighted by Gasteiger charge is -2.29. The highest BCUT2D eigenvalue weighted by atomic mass is 32.1. The molecule has 0 radical (unpaired) electrons. The van der Waals surface area contributed by atoms with E-state index in [0.29, 0.717) is 12.1 Å². The van der Waals surface area contributed by atoms with Crippen LogP contribution in [0.2, 0.25) is 0 Å². The Bertz CT molecular complexity index is 1580. The summed E-state index contributed by atoms with van der Waals surface area (Å²) in [6.07, 6.45) is 2.51. The van der Waals surface area contributed by atoms with Crippen LogP contribution in [0.15, 0.2) is 12.5 Å². The first-order chi connectivity index (χ1) is 27.2. The summed E-state index contributed by atoms with van der Waals surface area (Å²) in [7, 11) is 0. The molecule has 0 spiro atoms. The van der Waals surface area contributed by atoms with Crippen LogP contribution in [-0.2, 0) is 49.6 Å². The van der Waals surface area contributed by atoms with Crippen LogP contribution in [0, 0.1) is 11.8 Å². The number of carbonyl (C=O) groups excluding carboxylic acids is 8. The molecule has 1 aromatic heterocycles. The second-order valence-electron chi connectivity index (χ2n) is 14.1. The number of nitrogens with one attached hydrogen (secondary N) is 8. The van der Waals surface area contributed by atoms with Crippen molar-refractivity contribution in [2.75, 3.05) is 18.1 Å². The third-order valence-corrected chi connectivity index (χ3v) is 9.32. The van der Waals surface area contributed by atoms with Crippen LogP contribution in [0.25, 0.3) is 0 Å². The molecule has 1 aromatic rings. The molecule has 1 heterocycles. The lowest BCUT2D eigenvalue weighted by atomic mass is 9.99. The van der Waals surface area contributed by atoms with Gasteiger partial charge in [0.25, 0.3) is 0 Å². The Kier molecular flexibility index (Phi) is 22.4. The van der Waals surface area contributed by atoms with E-state index in [1.165, 1.54) is 19.4 Å². The van der Waals surface area contributed by atoms with Gasteiger partial charge >= 0.3 is 5.97 Å². The summed E-state index contributed by atoms with van der Waals surface area (Å²) < 4.78 is 0. The van der Waals surface area contributed by atoms with Crippen LogP contribution in [0.1, 0.15) is 59.6 Å². The van der Waals surface area contributed by atoms with E-state index < -0.39 is 120 Å². The van der Waals surface area contributed by atoms with Gasteiger partial charge in [-0.1, -0.05) is 27.7 Å². The maximum Gasteiger partial charge on any atom is 0.327 e. The molecule has 0 bridgehead atoms. The largest absolute Gasteiger partial charge is 0.480 e. The minimum absolute atomic E-state index is 0.0167. The number of carboxylic acid groups (broad SMARTS) is 1. The Morgan fingerprint density at radius 2 is 1.19 bits per heavy atom. The maximum atomic E-state index is 13.6. The van der Waals surface area contributed by atoms with Crippen molar-refractivity contribution in [1.82, 2.24) is 47.2 Å². The summed E-state index contributed by atoms with van der Waals surface area (Å²) in [4.78, 5) is 123. The summed E-state index contributed by atoms with van der Waals surface area (Å²) in [5.41, 5.74) is 17.1. The number of imidazole rings is 1. The Morgan fingerprint density at radius 3 is 1.67 bits per heavy atom. The second kappa shape index (κ2) is 25.4. The van der Waals surface area contributed by atoms with Crippen molar-refractivity contribution in [2.45, 2.75) is 109 Å². The normalized spacial score (nSPS) is 15.3. The van der Waals surface area contributed by atoms with Crippen molar-refractivity contribution < 1.29 is 48.3 Å². The standard InChI is InChI=1S/C34H58N12O10S2/c1-15(2)25(32(53)43-22(10-24(37)47)31(52)44-23(13-58)34(55)56)46-33(54)26(16(3)4)45-27(48)17(5)40-30(51)21(9-18-11-38-14-39-18)42-29(50)20(7-6-8-35)41-28(49)19(36)12-57/h11,14-17,19-23,25-26,57-58H,6-10,12-13,35-36H2,1-5H3,(H2,37,47)(H,38,39)(H,40,51)(H,41,49)(H,42,50)(H,43,53)(H,44,52)(H,45,48)(H,46,54)(H,55,56). The fourth-order valence-corrected chi connectivity index (χ4v) is 5.56. The zero-order valence-electron chi connectivity index (χ0n) is 33.1. The number of thiol groups is 2. The Labute approximate surface area is 347 Å². The van der Waals surface area contributed by atoms with E-state index in [0.717, 1.165) is 0 Å². The molecule has 8 unspecified atom stereocenters. The van der Waals surface area contributed by atoms with E-state index in [1.54, 1.807) is 27.7 Å². The molecule has 0 aliphatic heterocycles. The van der Waals surface area contributed by atoms with Gasteiger partial charge in [0.15, 0.2) is 0 Å². The number of H-pyrrole nitrogens is 1. The highest BCUT2D eigenvalue weighted by Crippen LogP contribution is 2.09. The number of hydrogen-bond acceptors (Lipinski definition) is 14. The third-order valence-electron chi connectivity index (χ3n) is 8.56. The lowest BCUT2D eigenvalue weighted by Crippen LogP contribution is -2.61. The smallest absolute Gasteiger partial charge is 0.327 e. The molecular formula is C34H58N12O10S2. The molecule has 0 aliphatic carbocycles. The number of hydrogen-bond donors (Lipinski definition) is 14. The van der Waals surface area contributed by atoms with E-state index >= 15 is 0 Å². The maximum absolute atomic E-state index is 13.6. The second-order valence-corrected chi connectivity index (χ2v) is 14.9. The van der Waals surface area contributed by atoms with Gasteiger partial charge in [-0.3, -0.25) is 38.4 Å². The SMILES string of the molecule is CC(NC(=O)C(Cc1cnc[nH]1)NC(=O)C(CCCN)NC(=O)C(N)CS)C(=O)NC(C(=O)NC(C(=O)NC(CC(N)=O)C(=O)NC(CS)C(=O)O)C(C)C)C(C)C. The number of nitrogens with two attached hydrogens (primary N) is 3. The molecule has 15 N–H and O–H groups in total. The van der Waals surface area contributed by atoms with Gasteiger partial charge in [0.05, 0.1) is 18.8 Å². The first-order valence-electron chi connectivity index (χ1n) is 18.4. The first-order valence-corrected chi connectivity index (χ1v) is 19.7. The van der Waals surface area contributed by atoms with Gasteiger partial charge in [-0.15, -0.1) is 0 Å². The van der Waals surface area contributed by atoms with Crippen molar-refractivity contribution in [3.05, 3.63) is 18.2 Å². The average molecular weight is 859 g/mol. The van der Waals surface area contributed by atoms with Crippen LogP contribution in [0.4, 0.5) is 0 Å². The molecule has 8 amide bonds. The predicted molar refractivity (Wildman–Crippen MR) is 217 cm³/mol. The number of nitrogens with zero attached hydrogens (tertiary/aromatic N) is 1. The molecule has 0 aliphatic rings. The van der Waals surface area contributed by atoms with E-state index in [4.69, 9.17) is 17.2 Å². The van der Waals surface area contributed by atoms with Crippen LogP contribution in [0.5, 0.6) is 0 Å². The Morgan fingerprint density at radius 1 is 0.690 bits per heavy atom. The van der Waals surface area contributed by atoms with Crippen LogP contribution >= 0.6 is 25.3 Å². The highest BCUT2D eigenvalue weighted by Gasteiger charge is 2.35. The molecule has 0 saturated heterocycles. The van der Waals surface area contributed by atoms with E-state index in [9.17, 15) is 48.3 Å². The molecule has 0 fully saturated rings. The fraction of sp³-hybridized carbons (Fsp3) is 0.647. The summed E-state index contributed by atoms with van der Waals surface area (Å²) in [6, 6.07) is -10.2. The molecule has 8 atom stereocenters. The quantitative estimate of drug-likeness (QED) is 0.0392. The summed E-state index contributed by atoms with van der Waals surface area (Å²) >= 11 is 7.89. The predicted octanol–water partition coefficient (Wildman–Crippen LogP) is -4.44. The fourth-order valence-electron chi connectivity index (χ4n) is 5.15. The summed E-state index contributed by atoms with van der Waals surface area (Å²) in [5, 5.41) is 26.6. The number of aliphatic carboxylic acids is 1. The summed E-state index contributed by atoms with van der Waals surface area (Å²) in [6.45, 7) is 7.96. The van der Waals surface area contributed by atoms with Crippen LogP contribution in [0.3, 0.4) is 0 Å². The van der Waals surface area contributed by atoms with Crippen molar-refractivity contribution in [2.24, 2.45) is 29.0 Å². The van der Waals surface area contributed by atoms with Gasteiger partial charge in [0.2, 0.25) is 47.3 Å². The Balaban J connectivity index is 3.17. The Hall–Kier alpha value is -4.94. The van der Waals surface area contributed by atoms with Crippen molar-refractivity contribution in [3.63, 3.8) is 0 Å². The topological polar surface area (TPSA) is 365 Å². The number of primary amides is 1. The molecule has 1 rings (SSSR count). The minimum atomic E-state index is -1.59. The number of carboxylic acids is 1. The summed E-state index contributed by atoms with van der Waals surface area (Å²) in [5.74, 6) is -9.49. The average Bonchev–Trinajstić information content (AvgIpc) is 3.67. The van der Waals surface area contributed by atoms with E-state index in [-0.39, 0.29) is 30.9 Å². The lowest BCUT2D eigenvalue weighted by molar-refractivity contribution is -0.142. The van der Waals surface area contributed by atoms with Gasteiger partial charge in [-0.2, -0.15) is 25.3 Å². The van der Waals surface area contributed by atoms with E-state index in [1.807, 2.05) is 0 Å². The molecular weight excluding hydrogens is 801 g/mol. The molecule has 24 heteroatoms. The van der Waals surface area contributed by atoms with Gasteiger partial charge in [-0.05, 0) is 38.1 Å². The molecule has 0 saturated carbocycles. The van der Waals surface area contributed by atoms with Gasteiger partial charge < -0.3 is 64.5 Å². The molecule has 326 valence electrons. The number of carbonyl (C=O) groups is 9.